The molecule has 0 bridgehead atoms. The zero-order valence-electron chi connectivity index (χ0n) is 73.7. The number of hydrogen-bond donors (Lipinski definition) is 26. The Kier molecular flexibility index (Phi) is 49.1. The molecule has 15 atom stereocenters. The molecular weight excluding hydrogens is 1770 g/mol. The third-order valence-electron chi connectivity index (χ3n) is 20.4. The molecule has 0 radical (unpaired) electrons. The van der Waals surface area contributed by atoms with Crippen LogP contribution in [0.15, 0.2) is 54.6 Å². The van der Waals surface area contributed by atoms with Crippen molar-refractivity contribution >= 4 is 156 Å². The Hall–Kier alpha value is -12.8. The van der Waals surface area contributed by atoms with Crippen molar-refractivity contribution in [1.29, 1.82) is 0 Å². The summed E-state index contributed by atoms with van der Waals surface area (Å²) in [5, 5.41) is 105. The molecular formula is C82H122N18O29S2. The van der Waals surface area contributed by atoms with Gasteiger partial charge < -0.3 is 131 Å². The number of hydrogen-bond acceptors (Lipinski definition) is 27. The van der Waals surface area contributed by atoms with E-state index in [-0.39, 0.29) is 62.5 Å². The number of aliphatic carboxylic acids is 5. The summed E-state index contributed by atoms with van der Waals surface area (Å²) in [6.45, 7) is 8.83. The van der Waals surface area contributed by atoms with Crippen LogP contribution >= 0.6 is 25.3 Å². The Balaban J connectivity index is 1.78. The highest BCUT2D eigenvalue weighted by Crippen LogP contribution is 2.20. The topological polar surface area (TPSA) is 739 Å². The lowest BCUT2D eigenvalue weighted by Gasteiger charge is -2.30. The minimum atomic E-state index is -1.99. The molecule has 131 heavy (non-hydrogen) atoms. The average Bonchev–Trinajstić information content (AvgIpc) is 1.78. The molecule has 3 rings (SSSR count). The number of phenols is 1. The van der Waals surface area contributed by atoms with Crippen LogP contribution < -0.4 is 90.8 Å². The van der Waals surface area contributed by atoms with Gasteiger partial charge in [-0.1, -0.05) is 104 Å². The maximum Gasteiger partial charge on any atom is 0.322 e. The molecule has 25 N–H and O–H groups in total. The summed E-state index contributed by atoms with van der Waals surface area (Å²) in [4.78, 5) is 293. The van der Waals surface area contributed by atoms with Crippen LogP contribution in [0.2, 0.25) is 0 Å². The molecule has 1 fully saturated rings. The molecule has 1 saturated heterocycles. The molecule has 0 spiro atoms. The number of likely N-dealkylation sites (tertiary alicyclic amines) is 1. The number of benzene rings is 2. The third-order valence-corrected chi connectivity index (χ3v) is 21.2. The van der Waals surface area contributed by atoms with Gasteiger partial charge in [-0.05, 0) is 91.9 Å². The molecule has 0 aromatic heterocycles. The third kappa shape index (κ3) is 40.8. The van der Waals surface area contributed by atoms with E-state index >= 15 is 0 Å². The largest absolute Gasteiger partial charge is 0.508 e. The second-order valence-corrected chi connectivity index (χ2v) is 32.8. The Morgan fingerprint density at radius 1 is 0.397 bits per heavy atom. The number of carbonyl (C=O) groups excluding carboxylic acids is 17. The summed E-state index contributed by atoms with van der Waals surface area (Å²) in [7, 11) is 0. The van der Waals surface area contributed by atoms with Gasteiger partial charge in [-0.15, -0.1) is 0 Å². The fraction of sp³-hybridized carbons (Fsp3) is 0.585. The highest BCUT2D eigenvalue weighted by Gasteiger charge is 2.41. The summed E-state index contributed by atoms with van der Waals surface area (Å²) >= 11 is 8.42. The maximum absolute atomic E-state index is 14.5. The van der Waals surface area contributed by atoms with E-state index in [1.807, 2.05) is 0 Å². The molecule has 0 unspecified atom stereocenters. The summed E-state index contributed by atoms with van der Waals surface area (Å²) in [6, 6.07) is -8.43. The summed E-state index contributed by atoms with van der Waals surface area (Å²) in [5.74, 6) is -27.2. The van der Waals surface area contributed by atoms with E-state index in [1.54, 1.807) is 73.6 Å². The number of aliphatic hydroxyl groups is 1. The first-order valence-corrected chi connectivity index (χ1v) is 43.4. The van der Waals surface area contributed by atoms with Crippen molar-refractivity contribution in [3.8, 4) is 5.75 Å². The molecule has 1 heterocycles. The van der Waals surface area contributed by atoms with Crippen molar-refractivity contribution in [2.24, 2.45) is 29.4 Å². The van der Waals surface area contributed by atoms with E-state index in [1.165, 1.54) is 36.4 Å². The normalized spacial score (nSPS) is 15.4. The second-order valence-electron chi connectivity index (χ2n) is 32.1. The number of nitrogens with two attached hydrogens (primary N) is 1. The van der Waals surface area contributed by atoms with Gasteiger partial charge in [0.15, 0.2) is 0 Å². The first-order chi connectivity index (χ1) is 61.6. The van der Waals surface area contributed by atoms with Crippen LogP contribution in [-0.2, 0) is 118 Å². The predicted molar refractivity (Wildman–Crippen MR) is 468 cm³/mol. The van der Waals surface area contributed by atoms with Gasteiger partial charge in [-0.3, -0.25) is 105 Å². The number of phenolic OH excluding ortho intramolecular Hbond substituents is 1. The van der Waals surface area contributed by atoms with Crippen LogP contribution in [-0.4, -0.2) is 306 Å². The lowest BCUT2D eigenvalue weighted by atomic mass is 9.96. The van der Waals surface area contributed by atoms with Gasteiger partial charge in [0.1, 0.15) is 90.8 Å². The fourth-order valence-electron chi connectivity index (χ4n) is 12.9. The average molecular weight is 1890 g/mol. The molecule has 47 nitrogen and oxygen atoms in total. The minimum Gasteiger partial charge on any atom is -0.508 e. The molecule has 1 aliphatic rings. The molecule has 2 aromatic rings. The van der Waals surface area contributed by atoms with Crippen molar-refractivity contribution in [2.45, 2.75) is 230 Å². The monoisotopic (exact) mass is 1890 g/mol. The summed E-state index contributed by atoms with van der Waals surface area (Å²) in [6.07, 6.45) is -5.26. The van der Waals surface area contributed by atoms with E-state index in [0.717, 1.165) is 4.90 Å². The van der Waals surface area contributed by atoms with Gasteiger partial charge >= 0.3 is 29.8 Å². The molecule has 1 aliphatic heterocycles. The summed E-state index contributed by atoms with van der Waals surface area (Å²) < 4.78 is 0. The molecule has 49 heteroatoms. The Labute approximate surface area is 764 Å². The quantitative estimate of drug-likeness (QED) is 0.0274. The van der Waals surface area contributed by atoms with Gasteiger partial charge in [0.2, 0.25) is 100 Å². The van der Waals surface area contributed by atoms with E-state index < -0.39 is 323 Å². The number of aromatic hydroxyl groups is 1. The first-order valence-electron chi connectivity index (χ1n) is 42.2. The van der Waals surface area contributed by atoms with Crippen LogP contribution in [0.5, 0.6) is 5.75 Å². The number of amides is 17. The SMILES string of the molecule is CC[C@H](C)[C@H](NC(=O)[C@@H](NC(=O)[C@H](Cc1ccc(O)cc1)NC(=O)CNC(=O)[C@@H]1CCCN1C(=O)CNC(=O)[C@H](CCC(=O)O)NC(=O)[C@H](Cc1ccccc1)NC(=O)[C@H](CS)NC(=O)[C@H](CCC(=O)O)NC(=O)[C@H](CO)NC(=O)[C@H](CCC(=O)O)NC(=O)[C@@H](N)CCC(=O)O)C(C)C)C(=O)N[C@@H](CS)C(=O)NCC(=O)N[C@@H](CC(C)C)C(=O)N[C@H](C(=O)NCC(=O)O)C(C)C. The van der Waals surface area contributed by atoms with Crippen molar-refractivity contribution in [3.05, 3.63) is 65.7 Å². The standard InChI is InChI=1S/C82H122N18O29S2/c1-9-43(8)68(82(129)96-55(38-130)71(118)84-33-58(103)88-51(30-40(2)3)75(122)97-66(41(4)5)80(127)87-36-65(114)115)99-81(128)67(42(6)7)98-76(123)52(32-45-17-19-46(102)20-18-45)89-59(104)34-85-79(126)57-16-13-29-100(57)60(105)35-86-70(117)48(22-26-62(108)109)91-74(121)53(31-44-14-11-10-12-15-44)93-78(125)56(39-131)95-73(120)50(24-28-64(112)113)92-77(124)54(37-101)94-72(119)49(23-27-63(110)111)90-69(116)47(83)21-25-61(106)107/h10-12,14-15,17-20,40-43,47-57,66-68,101-102,130-131H,9,13,16,21-39,83H2,1-8H3,(H,84,118)(H,85,126)(H,86,117)(H,87,127)(H,88,103)(H,89,104)(H,90,116)(H,91,121)(H,92,124)(H,93,125)(H,94,119)(H,95,120)(H,96,129)(H,97,122)(H,98,123)(H,99,128)(H,106,107)(H,108,109)(H,110,111)(H,112,113)(H,114,115)/t43-,47-,48-,49-,50-,51-,52-,53-,54-,55-,56-,57-,66-,67-,68-/m0/s1. The van der Waals surface area contributed by atoms with Crippen LogP contribution in [0.4, 0.5) is 0 Å². The lowest BCUT2D eigenvalue weighted by Crippen LogP contribution is -2.61. The molecule has 2 aromatic carbocycles. The second kappa shape index (κ2) is 57.3. The van der Waals surface area contributed by atoms with Crippen LogP contribution in [0.3, 0.4) is 0 Å². The Morgan fingerprint density at radius 2 is 0.771 bits per heavy atom. The first kappa shape index (κ1) is 112. The molecule has 726 valence electrons. The maximum atomic E-state index is 14.5. The molecule has 0 saturated carbocycles. The van der Waals surface area contributed by atoms with Gasteiger partial charge in [-0.2, -0.15) is 25.3 Å². The number of carboxylic acid groups (broad SMARTS) is 5. The number of carboxylic acids is 5. The Morgan fingerprint density at radius 3 is 1.27 bits per heavy atom. The van der Waals surface area contributed by atoms with Crippen LogP contribution in [0.1, 0.15) is 144 Å². The van der Waals surface area contributed by atoms with Crippen LogP contribution in [0.25, 0.3) is 0 Å². The Bertz CT molecular complexity index is 4340. The van der Waals surface area contributed by atoms with Gasteiger partial charge in [0.25, 0.3) is 0 Å². The molecule has 0 aliphatic carbocycles. The van der Waals surface area contributed by atoms with E-state index in [2.05, 4.69) is 110 Å². The number of rotatable bonds is 59. The number of aliphatic hydroxyl groups excluding tert-OH is 1. The zero-order chi connectivity index (χ0) is 98.6. The number of thiol groups is 2. The highest BCUT2D eigenvalue weighted by atomic mass is 32.1. The van der Waals surface area contributed by atoms with Gasteiger partial charge in [0.05, 0.1) is 32.3 Å². The summed E-state index contributed by atoms with van der Waals surface area (Å²) in [5.41, 5.74) is 6.52. The predicted octanol–water partition coefficient (Wildman–Crippen LogP) is -6.42. The van der Waals surface area contributed by atoms with Crippen molar-refractivity contribution in [3.63, 3.8) is 0 Å². The minimum absolute atomic E-state index is 0.0272. The number of nitrogens with zero attached hydrogens (tertiary/aromatic N) is 1. The van der Waals surface area contributed by atoms with E-state index in [9.17, 15) is 131 Å². The van der Waals surface area contributed by atoms with Gasteiger partial charge in [-0.25, -0.2) is 0 Å². The smallest absolute Gasteiger partial charge is 0.322 e. The number of nitrogens with one attached hydrogen (secondary N) is 16. The van der Waals surface area contributed by atoms with E-state index in [4.69, 9.17) is 15.9 Å². The van der Waals surface area contributed by atoms with Crippen LogP contribution in [0, 0.1) is 23.7 Å². The van der Waals surface area contributed by atoms with Crippen molar-refractivity contribution in [1.82, 2.24) is 90.0 Å². The molecule has 17 amide bonds. The lowest BCUT2D eigenvalue weighted by molar-refractivity contribution is -0.140. The van der Waals surface area contributed by atoms with E-state index in [0.29, 0.717) is 11.1 Å². The van der Waals surface area contributed by atoms with Crippen molar-refractivity contribution < 1.29 is 141 Å². The van der Waals surface area contributed by atoms with Gasteiger partial charge in [0, 0.05) is 56.6 Å². The van der Waals surface area contributed by atoms with Crippen molar-refractivity contribution in [2.75, 3.05) is 50.8 Å². The zero-order valence-corrected chi connectivity index (χ0v) is 75.5. The number of carbonyl (C=O) groups is 22. The fourth-order valence-corrected chi connectivity index (χ4v) is 13.4. The highest BCUT2D eigenvalue weighted by molar-refractivity contribution is 7.80.